The molecule has 0 amide bonds. The first kappa shape index (κ1) is 21.3. The van der Waals surface area contributed by atoms with Gasteiger partial charge in [0, 0.05) is 50.4 Å². The van der Waals surface area contributed by atoms with Crippen molar-refractivity contribution in [1.29, 1.82) is 0 Å². The maximum absolute atomic E-state index is 11.7. The van der Waals surface area contributed by atoms with Crippen molar-refractivity contribution in [2.45, 2.75) is 32.8 Å². The predicted octanol–water partition coefficient (Wildman–Crippen LogP) is 3.40. The molecule has 0 bridgehead atoms. The molecule has 2 aromatic carbocycles. The monoisotopic (exact) mass is 396 g/mol. The summed E-state index contributed by atoms with van der Waals surface area (Å²) in [5.74, 6) is 0.800. The normalized spacial score (nSPS) is 15.9. The number of anilines is 1. The second kappa shape index (κ2) is 10.4. The van der Waals surface area contributed by atoms with Crippen LogP contribution in [0, 0.1) is 0 Å². The molecule has 0 saturated carbocycles. The molecule has 3 rings (SSSR count). The second-order valence-electron chi connectivity index (χ2n) is 7.57. The van der Waals surface area contributed by atoms with Crippen molar-refractivity contribution in [3.8, 4) is 5.75 Å². The average molecular weight is 397 g/mol. The zero-order valence-corrected chi connectivity index (χ0v) is 17.5. The van der Waals surface area contributed by atoms with Gasteiger partial charge in [0.15, 0.2) is 5.78 Å². The van der Waals surface area contributed by atoms with Crippen LogP contribution in [0.25, 0.3) is 0 Å². The summed E-state index contributed by atoms with van der Waals surface area (Å²) in [4.78, 5) is 16.4. The van der Waals surface area contributed by atoms with Gasteiger partial charge in [-0.3, -0.25) is 9.69 Å². The molecule has 1 aliphatic rings. The standard InChI is InChI=1S/C24H32N2O3/c1-3-19-5-9-21(10-6-19)26-15-13-25(14-16-26)17-22(27)18-29-23-11-7-20(8-12-23)24(28)4-2/h5-12,22,27H,3-4,13-18H2,1-2H3. The Hall–Kier alpha value is -2.37. The number of aliphatic hydroxyl groups excluding tert-OH is 1. The van der Waals surface area contributed by atoms with Gasteiger partial charge in [0.1, 0.15) is 18.5 Å². The summed E-state index contributed by atoms with van der Waals surface area (Å²) < 4.78 is 5.69. The van der Waals surface area contributed by atoms with E-state index in [1.807, 2.05) is 6.92 Å². The highest BCUT2D eigenvalue weighted by atomic mass is 16.5. The Morgan fingerprint density at radius 1 is 1.00 bits per heavy atom. The molecule has 156 valence electrons. The Morgan fingerprint density at radius 2 is 1.66 bits per heavy atom. The van der Waals surface area contributed by atoms with Gasteiger partial charge in [-0.1, -0.05) is 26.0 Å². The lowest BCUT2D eigenvalue weighted by Crippen LogP contribution is -2.49. The molecule has 0 spiro atoms. The zero-order chi connectivity index (χ0) is 20.6. The molecule has 1 N–H and O–H groups in total. The van der Waals surface area contributed by atoms with Gasteiger partial charge in [0.05, 0.1) is 0 Å². The molecule has 0 aromatic heterocycles. The third-order valence-corrected chi connectivity index (χ3v) is 5.49. The lowest BCUT2D eigenvalue weighted by atomic mass is 10.1. The smallest absolute Gasteiger partial charge is 0.162 e. The van der Waals surface area contributed by atoms with E-state index in [0.29, 0.717) is 24.3 Å². The molecule has 0 aliphatic carbocycles. The Morgan fingerprint density at radius 3 is 2.24 bits per heavy atom. The second-order valence-corrected chi connectivity index (χ2v) is 7.57. The fourth-order valence-corrected chi connectivity index (χ4v) is 3.62. The van der Waals surface area contributed by atoms with E-state index in [0.717, 1.165) is 32.6 Å². The van der Waals surface area contributed by atoms with Crippen LogP contribution in [0.1, 0.15) is 36.2 Å². The molecule has 1 atom stereocenters. The van der Waals surface area contributed by atoms with Gasteiger partial charge in [0.2, 0.25) is 0 Å². The van der Waals surface area contributed by atoms with E-state index < -0.39 is 6.10 Å². The highest BCUT2D eigenvalue weighted by molar-refractivity contribution is 5.95. The fourth-order valence-electron chi connectivity index (χ4n) is 3.62. The van der Waals surface area contributed by atoms with E-state index in [1.54, 1.807) is 24.3 Å². The van der Waals surface area contributed by atoms with Crippen molar-refractivity contribution >= 4 is 11.5 Å². The van der Waals surface area contributed by atoms with Crippen molar-refractivity contribution in [3.05, 3.63) is 59.7 Å². The minimum atomic E-state index is -0.540. The number of carbonyl (C=O) groups excluding carboxylic acids is 1. The number of carbonyl (C=O) groups is 1. The van der Waals surface area contributed by atoms with E-state index in [4.69, 9.17) is 4.74 Å². The first-order valence-electron chi connectivity index (χ1n) is 10.6. The molecule has 1 aliphatic heterocycles. The summed E-state index contributed by atoms with van der Waals surface area (Å²) in [5.41, 5.74) is 3.33. The molecule has 5 nitrogen and oxygen atoms in total. The van der Waals surface area contributed by atoms with Crippen LogP contribution < -0.4 is 9.64 Å². The van der Waals surface area contributed by atoms with Crippen LogP contribution in [-0.2, 0) is 6.42 Å². The summed E-state index contributed by atoms with van der Waals surface area (Å²) in [5, 5.41) is 10.3. The largest absolute Gasteiger partial charge is 0.491 e. The third-order valence-electron chi connectivity index (χ3n) is 5.49. The maximum Gasteiger partial charge on any atom is 0.162 e. The zero-order valence-electron chi connectivity index (χ0n) is 17.5. The number of benzene rings is 2. The number of aliphatic hydroxyl groups is 1. The van der Waals surface area contributed by atoms with Crippen LogP contribution in [0.5, 0.6) is 5.75 Å². The molecule has 5 heteroatoms. The number of β-amino-alcohol motifs (C(OH)–C–C–N with tert-alkyl or cyclic N) is 1. The minimum Gasteiger partial charge on any atom is -0.491 e. The van der Waals surface area contributed by atoms with Crippen LogP contribution >= 0.6 is 0 Å². The molecule has 1 fully saturated rings. The van der Waals surface area contributed by atoms with Crippen LogP contribution in [0.2, 0.25) is 0 Å². The highest BCUT2D eigenvalue weighted by Crippen LogP contribution is 2.18. The Kier molecular flexibility index (Phi) is 7.67. The molecular formula is C24H32N2O3. The molecule has 1 heterocycles. The lowest BCUT2D eigenvalue weighted by Gasteiger charge is -2.37. The molecular weight excluding hydrogens is 364 g/mol. The van der Waals surface area contributed by atoms with Crippen molar-refractivity contribution in [1.82, 2.24) is 4.90 Å². The highest BCUT2D eigenvalue weighted by Gasteiger charge is 2.19. The topological polar surface area (TPSA) is 53.0 Å². The Bertz CT molecular complexity index is 766. The number of Topliss-reactive ketones (excluding diaryl/α,β-unsaturated/α-hetero) is 1. The third kappa shape index (κ3) is 6.05. The van der Waals surface area contributed by atoms with E-state index in [9.17, 15) is 9.90 Å². The van der Waals surface area contributed by atoms with Crippen LogP contribution in [0.3, 0.4) is 0 Å². The van der Waals surface area contributed by atoms with Gasteiger partial charge in [-0.05, 0) is 48.4 Å². The Labute approximate surface area is 173 Å². The average Bonchev–Trinajstić information content (AvgIpc) is 2.78. The summed E-state index contributed by atoms with van der Waals surface area (Å²) in [6.07, 6.45) is 1.02. The molecule has 29 heavy (non-hydrogen) atoms. The molecule has 1 unspecified atom stereocenters. The number of nitrogens with zero attached hydrogens (tertiary/aromatic N) is 2. The van der Waals surface area contributed by atoms with Crippen molar-refractivity contribution in [2.24, 2.45) is 0 Å². The van der Waals surface area contributed by atoms with E-state index >= 15 is 0 Å². The van der Waals surface area contributed by atoms with Gasteiger partial charge >= 0.3 is 0 Å². The van der Waals surface area contributed by atoms with E-state index in [2.05, 4.69) is 41.0 Å². The lowest BCUT2D eigenvalue weighted by molar-refractivity contribution is 0.0663. The molecule has 1 saturated heterocycles. The number of aryl methyl sites for hydroxylation is 1. The van der Waals surface area contributed by atoms with Crippen molar-refractivity contribution in [2.75, 3.05) is 44.2 Å². The first-order chi connectivity index (χ1) is 14.1. The SMILES string of the molecule is CCC(=O)c1ccc(OCC(O)CN2CCN(c3ccc(CC)cc3)CC2)cc1. The van der Waals surface area contributed by atoms with E-state index in [-0.39, 0.29) is 12.4 Å². The minimum absolute atomic E-state index is 0.122. The molecule has 0 radical (unpaired) electrons. The van der Waals surface area contributed by atoms with Gasteiger partial charge in [0.25, 0.3) is 0 Å². The summed E-state index contributed by atoms with van der Waals surface area (Å²) >= 11 is 0. The number of ether oxygens (including phenoxy) is 1. The Balaban J connectivity index is 1.40. The predicted molar refractivity (Wildman–Crippen MR) is 117 cm³/mol. The van der Waals surface area contributed by atoms with Gasteiger partial charge in [-0.2, -0.15) is 0 Å². The van der Waals surface area contributed by atoms with Gasteiger partial charge < -0.3 is 14.7 Å². The number of piperazine rings is 1. The molecule has 2 aromatic rings. The fraction of sp³-hybridized carbons (Fsp3) is 0.458. The van der Waals surface area contributed by atoms with Crippen molar-refractivity contribution in [3.63, 3.8) is 0 Å². The van der Waals surface area contributed by atoms with Gasteiger partial charge in [-0.15, -0.1) is 0 Å². The van der Waals surface area contributed by atoms with Crippen LogP contribution in [0.15, 0.2) is 48.5 Å². The number of ketones is 1. The first-order valence-corrected chi connectivity index (χ1v) is 10.6. The van der Waals surface area contributed by atoms with Crippen LogP contribution in [-0.4, -0.2) is 61.2 Å². The number of hydrogen-bond acceptors (Lipinski definition) is 5. The maximum atomic E-state index is 11.7. The van der Waals surface area contributed by atoms with Crippen LogP contribution in [0.4, 0.5) is 5.69 Å². The van der Waals surface area contributed by atoms with Gasteiger partial charge in [-0.25, -0.2) is 0 Å². The van der Waals surface area contributed by atoms with Crippen molar-refractivity contribution < 1.29 is 14.6 Å². The van der Waals surface area contributed by atoms with E-state index in [1.165, 1.54) is 11.3 Å². The number of hydrogen-bond donors (Lipinski definition) is 1. The number of rotatable bonds is 9. The summed E-state index contributed by atoms with van der Waals surface area (Å²) in [6.45, 7) is 8.67. The summed E-state index contributed by atoms with van der Waals surface area (Å²) in [6, 6.07) is 15.9. The quantitative estimate of drug-likeness (QED) is 0.659. The summed E-state index contributed by atoms with van der Waals surface area (Å²) in [7, 11) is 0.